The molecule has 186 valence electrons. The minimum absolute atomic E-state index is 0.0784. The third kappa shape index (κ3) is 8.91. The Hall–Kier alpha value is -2.22. The summed E-state index contributed by atoms with van der Waals surface area (Å²) in [5, 5.41) is 5.71. The summed E-state index contributed by atoms with van der Waals surface area (Å²) in [4.78, 5) is 41.2. The Kier molecular flexibility index (Phi) is 11.2. The zero-order chi connectivity index (χ0) is 25.3. The van der Waals surface area contributed by atoms with Gasteiger partial charge in [-0.1, -0.05) is 18.2 Å². The highest BCUT2D eigenvalue weighted by Gasteiger charge is 2.36. The Morgan fingerprint density at radius 2 is 1.67 bits per heavy atom. The number of nitrogens with zero attached hydrogens (tertiary/aromatic N) is 1. The van der Waals surface area contributed by atoms with E-state index in [1.807, 2.05) is 59.1 Å². The molecule has 3 amide bonds. The van der Waals surface area contributed by atoms with Crippen molar-refractivity contribution in [1.29, 1.82) is 0 Å². The lowest BCUT2D eigenvalue weighted by Crippen LogP contribution is -2.53. The van der Waals surface area contributed by atoms with E-state index in [2.05, 4.69) is 10.6 Å². The van der Waals surface area contributed by atoms with Crippen LogP contribution in [0.25, 0.3) is 0 Å². The fourth-order valence-corrected chi connectivity index (χ4v) is 4.13. The maximum atomic E-state index is 13.8. The number of ether oxygens (including phenoxy) is 1. The van der Waals surface area contributed by atoms with Crippen molar-refractivity contribution < 1.29 is 19.1 Å². The molecule has 0 spiro atoms. The molecule has 2 N–H and O–H groups in total. The van der Waals surface area contributed by atoms with Crippen LogP contribution in [0.4, 0.5) is 4.79 Å². The van der Waals surface area contributed by atoms with Gasteiger partial charge in [0.05, 0.1) is 0 Å². The Morgan fingerprint density at radius 3 is 2.12 bits per heavy atom. The molecule has 0 bridgehead atoms. The number of carbonyl (C=O) groups is 3. The van der Waals surface area contributed by atoms with Crippen molar-refractivity contribution in [2.24, 2.45) is 0 Å². The fraction of sp³-hybridized carbons (Fsp3) is 0.640. The second kappa shape index (κ2) is 12.9. The van der Waals surface area contributed by atoms with E-state index < -0.39 is 23.8 Å². The van der Waals surface area contributed by atoms with E-state index in [-0.39, 0.29) is 17.9 Å². The van der Waals surface area contributed by atoms with Crippen LogP contribution in [0.15, 0.2) is 18.2 Å². The molecule has 1 aromatic carbocycles. The van der Waals surface area contributed by atoms with Gasteiger partial charge in [0.1, 0.15) is 17.7 Å². The van der Waals surface area contributed by atoms with E-state index in [0.717, 1.165) is 16.7 Å². The van der Waals surface area contributed by atoms with Crippen LogP contribution in [0.1, 0.15) is 70.7 Å². The second-order valence-electron chi connectivity index (χ2n) is 9.48. The molecule has 0 saturated heterocycles. The van der Waals surface area contributed by atoms with E-state index in [1.165, 1.54) is 0 Å². The standard InChI is InChI=1S/C25H41N3O4S/c1-10-28(23(30)19(14-15-33-9)27-24(31)32-25(6,7)8)21(22(29)26-16(2)3)20-17(4)12-11-13-18(20)5/h11-13,16,19,21H,10,14-15H2,1-9H3,(H,26,29)(H,27,31). The highest BCUT2D eigenvalue weighted by molar-refractivity contribution is 7.98. The Balaban J connectivity index is 3.41. The zero-order valence-electron chi connectivity index (χ0n) is 21.6. The topological polar surface area (TPSA) is 87.7 Å². The van der Waals surface area contributed by atoms with Gasteiger partial charge in [-0.3, -0.25) is 9.59 Å². The van der Waals surface area contributed by atoms with Crippen LogP contribution in [0.3, 0.4) is 0 Å². The quantitative estimate of drug-likeness (QED) is 0.520. The molecule has 0 radical (unpaired) electrons. The second-order valence-corrected chi connectivity index (χ2v) is 10.5. The number of carbonyl (C=O) groups excluding carboxylic acids is 3. The van der Waals surface area contributed by atoms with Crippen LogP contribution < -0.4 is 10.6 Å². The van der Waals surface area contributed by atoms with Gasteiger partial charge >= 0.3 is 6.09 Å². The van der Waals surface area contributed by atoms with Crippen molar-refractivity contribution >= 4 is 29.7 Å². The fourth-order valence-electron chi connectivity index (χ4n) is 3.66. The number of amides is 3. The minimum atomic E-state index is -0.802. The molecule has 2 atom stereocenters. The molecule has 1 aromatic rings. The number of thioether (sulfide) groups is 1. The van der Waals surface area contributed by atoms with Crippen LogP contribution in [0.5, 0.6) is 0 Å². The molecular weight excluding hydrogens is 438 g/mol. The van der Waals surface area contributed by atoms with Crippen molar-refractivity contribution in [3.8, 4) is 0 Å². The summed E-state index contributed by atoms with van der Waals surface area (Å²) in [6.45, 7) is 15.2. The van der Waals surface area contributed by atoms with Crippen molar-refractivity contribution in [3.63, 3.8) is 0 Å². The number of aryl methyl sites for hydroxylation is 2. The Bertz CT molecular complexity index is 800. The van der Waals surface area contributed by atoms with Gasteiger partial charge in [0, 0.05) is 12.6 Å². The molecule has 0 aliphatic heterocycles. The molecule has 1 rings (SSSR count). The van der Waals surface area contributed by atoms with E-state index >= 15 is 0 Å². The maximum Gasteiger partial charge on any atom is 0.408 e. The molecule has 33 heavy (non-hydrogen) atoms. The summed E-state index contributed by atoms with van der Waals surface area (Å²) in [6.07, 6.45) is 1.73. The lowest BCUT2D eigenvalue weighted by Gasteiger charge is -2.35. The van der Waals surface area contributed by atoms with Gasteiger partial charge in [-0.05, 0) is 90.5 Å². The van der Waals surface area contributed by atoms with Gasteiger partial charge in [0.25, 0.3) is 0 Å². The third-order valence-electron chi connectivity index (χ3n) is 5.03. The van der Waals surface area contributed by atoms with Crippen LogP contribution in [-0.2, 0) is 14.3 Å². The first-order valence-electron chi connectivity index (χ1n) is 11.5. The van der Waals surface area contributed by atoms with Gasteiger partial charge in [-0.25, -0.2) is 4.79 Å². The average molecular weight is 480 g/mol. The van der Waals surface area contributed by atoms with Gasteiger partial charge in [0.15, 0.2) is 0 Å². The van der Waals surface area contributed by atoms with E-state index in [4.69, 9.17) is 4.74 Å². The van der Waals surface area contributed by atoms with Gasteiger partial charge in [-0.2, -0.15) is 11.8 Å². The van der Waals surface area contributed by atoms with Crippen molar-refractivity contribution in [1.82, 2.24) is 15.5 Å². The summed E-state index contributed by atoms with van der Waals surface area (Å²) < 4.78 is 5.39. The summed E-state index contributed by atoms with van der Waals surface area (Å²) in [5.41, 5.74) is 2.00. The SMILES string of the molecule is CCN(C(=O)C(CCSC)NC(=O)OC(C)(C)C)C(C(=O)NC(C)C)c1c(C)cccc1C. The smallest absolute Gasteiger partial charge is 0.408 e. The maximum absolute atomic E-state index is 13.8. The normalized spacial score (nSPS) is 13.3. The summed E-state index contributed by atoms with van der Waals surface area (Å²) in [6, 6.07) is 4.15. The molecule has 0 heterocycles. The number of hydrogen-bond acceptors (Lipinski definition) is 5. The van der Waals surface area contributed by atoms with Gasteiger partial charge in [-0.15, -0.1) is 0 Å². The molecule has 0 saturated carbocycles. The first-order chi connectivity index (χ1) is 15.3. The zero-order valence-corrected chi connectivity index (χ0v) is 22.4. The number of rotatable bonds is 10. The van der Waals surface area contributed by atoms with Crippen LogP contribution in [0, 0.1) is 13.8 Å². The van der Waals surface area contributed by atoms with Crippen molar-refractivity contribution in [2.75, 3.05) is 18.6 Å². The number of nitrogens with one attached hydrogen (secondary N) is 2. The number of likely N-dealkylation sites (N-methyl/N-ethyl adjacent to an activating group) is 1. The molecular formula is C25H41N3O4S. The van der Waals surface area contributed by atoms with Crippen LogP contribution in [-0.4, -0.2) is 59.0 Å². The summed E-state index contributed by atoms with van der Waals surface area (Å²) >= 11 is 1.59. The van der Waals surface area contributed by atoms with Gasteiger partial charge < -0.3 is 20.3 Å². The van der Waals surface area contributed by atoms with E-state index in [9.17, 15) is 14.4 Å². The molecule has 2 unspecified atom stereocenters. The monoisotopic (exact) mass is 479 g/mol. The largest absolute Gasteiger partial charge is 0.444 e. The lowest BCUT2D eigenvalue weighted by molar-refractivity contribution is -0.142. The van der Waals surface area contributed by atoms with Crippen molar-refractivity contribution in [3.05, 3.63) is 34.9 Å². The summed E-state index contributed by atoms with van der Waals surface area (Å²) in [7, 11) is 0. The molecule has 0 aliphatic rings. The average Bonchev–Trinajstić information content (AvgIpc) is 2.68. The molecule has 8 heteroatoms. The minimum Gasteiger partial charge on any atom is -0.444 e. The first kappa shape index (κ1) is 28.8. The first-order valence-corrected chi connectivity index (χ1v) is 12.9. The summed E-state index contributed by atoms with van der Waals surface area (Å²) in [5.74, 6) is 0.137. The Morgan fingerprint density at radius 1 is 1.09 bits per heavy atom. The van der Waals surface area contributed by atoms with Crippen LogP contribution >= 0.6 is 11.8 Å². The molecule has 0 fully saturated rings. The number of hydrogen-bond donors (Lipinski definition) is 2. The number of benzene rings is 1. The molecule has 7 nitrogen and oxygen atoms in total. The van der Waals surface area contributed by atoms with Crippen molar-refractivity contribution in [2.45, 2.75) is 85.5 Å². The highest BCUT2D eigenvalue weighted by Crippen LogP contribution is 2.29. The molecule has 0 aliphatic carbocycles. The van der Waals surface area contributed by atoms with Gasteiger partial charge in [0.2, 0.25) is 11.8 Å². The lowest BCUT2D eigenvalue weighted by atomic mass is 9.93. The predicted octanol–water partition coefficient (Wildman–Crippen LogP) is 4.36. The van der Waals surface area contributed by atoms with E-state index in [0.29, 0.717) is 18.7 Å². The number of alkyl carbamates (subject to hydrolysis) is 1. The predicted molar refractivity (Wildman–Crippen MR) is 135 cm³/mol. The van der Waals surface area contributed by atoms with E-state index in [1.54, 1.807) is 37.4 Å². The van der Waals surface area contributed by atoms with Crippen LogP contribution in [0.2, 0.25) is 0 Å². The Labute approximate surface area is 203 Å². The third-order valence-corrected chi connectivity index (χ3v) is 5.67. The molecule has 0 aromatic heterocycles. The highest BCUT2D eigenvalue weighted by atomic mass is 32.2.